The number of rotatable bonds is 8. The SMILES string of the molecule is C[C@H](N[P+](=O)OC[C@H]1O[C@@](C#N)(c2ccc3c(N)ccnn23)[C@H](O)[C@@H]1O)C(=O)OCC(C)(C)C. The van der Waals surface area contributed by atoms with Crippen LogP contribution in [0.4, 0.5) is 5.69 Å². The first-order valence-electron chi connectivity index (χ1n) is 10.6. The Morgan fingerprint density at radius 1 is 1.44 bits per heavy atom. The van der Waals surface area contributed by atoms with E-state index < -0.39 is 50.7 Å². The van der Waals surface area contributed by atoms with Gasteiger partial charge in [0.05, 0.1) is 23.5 Å². The Balaban J connectivity index is 1.65. The normalized spacial score (nSPS) is 26.3. The number of nitrogens with two attached hydrogens (primary N) is 1. The van der Waals surface area contributed by atoms with E-state index >= 15 is 0 Å². The molecule has 1 unspecified atom stereocenters. The molecule has 0 aromatic carbocycles. The van der Waals surface area contributed by atoms with Crippen molar-refractivity contribution in [3.63, 3.8) is 0 Å². The third-order valence-corrected chi connectivity index (χ3v) is 6.23. The molecular formula is C21H29N5O7P+. The summed E-state index contributed by atoms with van der Waals surface area (Å²) in [6, 6.07) is 5.73. The molecule has 5 N–H and O–H groups in total. The predicted molar refractivity (Wildman–Crippen MR) is 120 cm³/mol. The Kier molecular flexibility index (Phi) is 7.57. The van der Waals surface area contributed by atoms with Gasteiger partial charge in [-0.25, -0.2) is 4.52 Å². The molecule has 1 aliphatic heterocycles. The van der Waals surface area contributed by atoms with E-state index in [-0.39, 0.29) is 17.7 Å². The maximum atomic E-state index is 12.3. The van der Waals surface area contributed by atoms with Gasteiger partial charge < -0.3 is 25.4 Å². The van der Waals surface area contributed by atoms with E-state index in [2.05, 4.69) is 10.2 Å². The zero-order valence-corrected chi connectivity index (χ0v) is 20.2. The van der Waals surface area contributed by atoms with Crippen LogP contribution in [0.2, 0.25) is 0 Å². The van der Waals surface area contributed by atoms with E-state index in [4.69, 9.17) is 19.7 Å². The molecule has 6 atom stereocenters. The molecule has 0 bridgehead atoms. The second-order valence-corrected chi connectivity index (χ2v) is 10.3. The average molecular weight is 494 g/mol. The summed E-state index contributed by atoms with van der Waals surface area (Å²) in [5.74, 6) is -0.593. The van der Waals surface area contributed by atoms with Crippen molar-refractivity contribution in [2.75, 3.05) is 18.9 Å². The number of aromatic nitrogens is 2. The summed E-state index contributed by atoms with van der Waals surface area (Å²) in [4.78, 5) is 12.0. The zero-order valence-electron chi connectivity index (χ0n) is 19.3. The molecule has 2 aromatic rings. The molecule has 0 radical (unpaired) electrons. The second kappa shape index (κ2) is 9.92. The van der Waals surface area contributed by atoms with E-state index in [1.165, 1.54) is 23.7 Å². The summed E-state index contributed by atoms with van der Waals surface area (Å²) in [6.45, 7) is 6.97. The number of carbonyl (C=O) groups is 1. The van der Waals surface area contributed by atoms with Crippen LogP contribution in [-0.4, -0.2) is 63.4 Å². The minimum Gasteiger partial charge on any atom is -0.464 e. The van der Waals surface area contributed by atoms with Gasteiger partial charge in [-0.15, -0.1) is 4.52 Å². The molecule has 3 heterocycles. The maximum Gasteiger partial charge on any atom is 0.613 e. The monoisotopic (exact) mass is 494 g/mol. The lowest BCUT2D eigenvalue weighted by Gasteiger charge is -2.24. The summed E-state index contributed by atoms with van der Waals surface area (Å²) >= 11 is 0. The topological polar surface area (TPSA) is 181 Å². The highest BCUT2D eigenvalue weighted by atomic mass is 31.1. The fourth-order valence-corrected chi connectivity index (χ4v) is 4.22. The number of ether oxygens (including phenoxy) is 2. The lowest BCUT2D eigenvalue weighted by Crippen LogP contribution is -2.41. The van der Waals surface area contributed by atoms with Crippen molar-refractivity contribution >= 4 is 25.4 Å². The van der Waals surface area contributed by atoms with Crippen LogP contribution in [0.5, 0.6) is 0 Å². The van der Waals surface area contributed by atoms with Gasteiger partial charge >= 0.3 is 14.1 Å². The largest absolute Gasteiger partial charge is 0.613 e. The highest BCUT2D eigenvalue weighted by molar-refractivity contribution is 7.36. The molecular weight excluding hydrogens is 465 g/mol. The van der Waals surface area contributed by atoms with Gasteiger partial charge in [-0.05, 0) is 35.1 Å². The number of nitriles is 1. The summed E-state index contributed by atoms with van der Waals surface area (Å²) in [6.07, 6.45) is -2.93. The number of fused-ring (bicyclic) bond motifs is 1. The van der Waals surface area contributed by atoms with Gasteiger partial charge in [0.1, 0.15) is 37.0 Å². The van der Waals surface area contributed by atoms with E-state index in [9.17, 15) is 24.8 Å². The fourth-order valence-electron chi connectivity index (χ4n) is 3.44. The Morgan fingerprint density at radius 2 is 2.15 bits per heavy atom. The maximum absolute atomic E-state index is 12.3. The zero-order chi connectivity index (χ0) is 25.3. The van der Waals surface area contributed by atoms with Crippen LogP contribution in [-0.2, 0) is 29.0 Å². The molecule has 0 amide bonds. The number of nitrogens with one attached hydrogen (secondary N) is 1. The fraction of sp³-hybridized carbons (Fsp3) is 0.571. The number of esters is 1. The standard InChI is InChI=1S/C21H29N5O7P/c1-12(19(29)31-11-20(2,3)4)25-34(30)32-9-15-17(27)18(28)21(10-22,33-15)16-6-5-14-13(23)7-8-24-26(14)16/h5-8,12,15,17-18,27-28H,9,11,23H2,1-4H3,(H,25,30)/q+1/t12-,15+,17+,18+,21-/m0/s1. The molecule has 184 valence electrons. The van der Waals surface area contributed by atoms with E-state index in [1.807, 2.05) is 26.8 Å². The number of aliphatic hydroxyl groups excluding tert-OH is 2. The second-order valence-electron chi connectivity index (χ2n) is 9.31. The van der Waals surface area contributed by atoms with Crippen molar-refractivity contribution < 1.29 is 33.6 Å². The van der Waals surface area contributed by atoms with Crippen LogP contribution in [0.1, 0.15) is 33.4 Å². The molecule has 13 heteroatoms. The van der Waals surface area contributed by atoms with Crippen LogP contribution in [0, 0.1) is 16.7 Å². The van der Waals surface area contributed by atoms with Crippen molar-refractivity contribution in [3.05, 3.63) is 30.1 Å². The Labute approximate surface area is 197 Å². The molecule has 1 fully saturated rings. The Hall–Kier alpha value is -2.65. The number of nitrogen functional groups attached to an aromatic ring is 1. The number of hydrogen-bond donors (Lipinski definition) is 4. The minimum atomic E-state index is -2.54. The highest BCUT2D eigenvalue weighted by Gasteiger charge is 2.58. The summed E-state index contributed by atoms with van der Waals surface area (Å²) in [5.41, 5.74) is 4.82. The summed E-state index contributed by atoms with van der Waals surface area (Å²) in [7, 11) is -2.54. The highest BCUT2D eigenvalue weighted by Crippen LogP contribution is 2.41. The molecule has 1 saturated heterocycles. The minimum absolute atomic E-state index is 0.170. The molecule has 0 spiro atoms. The molecule has 1 aliphatic rings. The summed E-state index contributed by atoms with van der Waals surface area (Å²) < 4.78 is 29.8. The van der Waals surface area contributed by atoms with Crippen molar-refractivity contribution in [2.24, 2.45) is 5.41 Å². The number of aliphatic hydroxyl groups is 2. The first kappa shape index (κ1) is 26.0. The third-order valence-electron chi connectivity index (χ3n) is 5.25. The van der Waals surface area contributed by atoms with Gasteiger partial charge in [0.25, 0.3) is 0 Å². The third kappa shape index (κ3) is 5.20. The van der Waals surface area contributed by atoms with Gasteiger partial charge in [-0.2, -0.15) is 10.4 Å². The first-order valence-corrected chi connectivity index (χ1v) is 11.8. The van der Waals surface area contributed by atoms with Crippen LogP contribution >= 0.6 is 8.18 Å². The van der Waals surface area contributed by atoms with Crippen molar-refractivity contribution in [2.45, 2.75) is 57.6 Å². The predicted octanol–water partition coefficient (Wildman–Crippen LogP) is 0.997. The van der Waals surface area contributed by atoms with Gasteiger partial charge in [-0.1, -0.05) is 25.9 Å². The number of anilines is 1. The molecule has 12 nitrogen and oxygen atoms in total. The lowest BCUT2D eigenvalue weighted by atomic mass is 9.92. The average Bonchev–Trinajstić information content (AvgIpc) is 3.31. The van der Waals surface area contributed by atoms with Crippen molar-refractivity contribution in [3.8, 4) is 6.07 Å². The van der Waals surface area contributed by atoms with E-state index in [0.717, 1.165) is 0 Å². The van der Waals surface area contributed by atoms with Crippen LogP contribution in [0.3, 0.4) is 0 Å². The number of nitrogens with zero attached hydrogens (tertiary/aromatic N) is 3. The van der Waals surface area contributed by atoms with Crippen LogP contribution in [0.25, 0.3) is 5.52 Å². The molecule has 0 saturated carbocycles. The van der Waals surface area contributed by atoms with E-state index in [0.29, 0.717) is 11.2 Å². The Morgan fingerprint density at radius 3 is 2.79 bits per heavy atom. The van der Waals surface area contributed by atoms with Crippen LogP contribution < -0.4 is 10.8 Å². The Bertz CT molecular complexity index is 1110. The molecule has 34 heavy (non-hydrogen) atoms. The summed E-state index contributed by atoms with van der Waals surface area (Å²) in [5, 5.41) is 37.8. The first-order chi connectivity index (χ1) is 15.9. The van der Waals surface area contributed by atoms with Gasteiger partial charge in [0, 0.05) is 6.20 Å². The number of carbonyl (C=O) groups excluding carboxylic acids is 1. The van der Waals surface area contributed by atoms with Gasteiger partial charge in [0.2, 0.25) is 5.60 Å². The molecule has 3 rings (SSSR count). The van der Waals surface area contributed by atoms with Crippen LogP contribution in [0.15, 0.2) is 24.4 Å². The van der Waals surface area contributed by atoms with E-state index in [1.54, 1.807) is 12.1 Å². The van der Waals surface area contributed by atoms with Crippen molar-refractivity contribution in [1.82, 2.24) is 14.7 Å². The lowest BCUT2D eigenvalue weighted by molar-refractivity contribution is -0.148. The van der Waals surface area contributed by atoms with Crippen molar-refractivity contribution in [1.29, 1.82) is 5.26 Å². The smallest absolute Gasteiger partial charge is 0.464 e. The van der Waals surface area contributed by atoms with Gasteiger partial charge in [0.15, 0.2) is 0 Å². The quantitative estimate of drug-likeness (QED) is 0.303. The molecule has 2 aromatic heterocycles. The van der Waals surface area contributed by atoms with Gasteiger partial charge in [-0.3, -0.25) is 4.79 Å². The number of hydrogen-bond acceptors (Lipinski definition) is 10. The molecule has 0 aliphatic carbocycles.